The lowest BCUT2D eigenvalue weighted by Crippen LogP contribution is -2.51. The third kappa shape index (κ3) is 3.72. The first-order valence-corrected chi connectivity index (χ1v) is 8.01. The van der Waals surface area contributed by atoms with E-state index in [0.29, 0.717) is 6.54 Å². The molecule has 0 bridgehead atoms. The first kappa shape index (κ1) is 15.3. The van der Waals surface area contributed by atoms with Gasteiger partial charge in [-0.1, -0.05) is 19.8 Å². The molecule has 2 atom stereocenters. The molecule has 1 saturated heterocycles. The van der Waals surface area contributed by atoms with Gasteiger partial charge in [0.25, 0.3) is 0 Å². The van der Waals surface area contributed by atoms with Crippen LogP contribution in [-0.4, -0.2) is 49.4 Å². The van der Waals surface area contributed by atoms with Crippen molar-refractivity contribution in [2.75, 3.05) is 32.7 Å². The van der Waals surface area contributed by atoms with Crippen LogP contribution in [0.2, 0.25) is 0 Å². The summed E-state index contributed by atoms with van der Waals surface area (Å²) in [4.78, 5) is 26.9. The van der Waals surface area contributed by atoms with Crippen LogP contribution in [0.3, 0.4) is 0 Å². The van der Waals surface area contributed by atoms with E-state index in [2.05, 4.69) is 10.6 Å². The van der Waals surface area contributed by atoms with Crippen LogP contribution >= 0.6 is 0 Å². The molecular formula is C15H27N3O2. The predicted molar refractivity (Wildman–Crippen MR) is 78.2 cm³/mol. The predicted octanol–water partition coefficient (Wildman–Crippen LogP) is 0.751. The number of nitrogens with one attached hydrogen (secondary N) is 2. The normalized spacial score (nSPS) is 27.1. The maximum Gasteiger partial charge on any atom is 0.226 e. The van der Waals surface area contributed by atoms with Crippen molar-refractivity contribution in [2.24, 2.45) is 11.8 Å². The number of amides is 2. The number of carbonyl (C=O) groups excluding carboxylic acids is 2. The van der Waals surface area contributed by atoms with E-state index in [1.54, 1.807) is 0 Å². The van der Waals surface area contributed by atoms with Gasteiger partial charge in [-0.2, -0.15) is 0 Å². The van der Waals surface area contributed by atoms with Crippen molar-refractivity contribution >= 4 is 11.8 Å². The van der Waals surface area contributed by atoms with Crippen LogP contribution in [0, 0.1) is 11.8 Å². The maximum absolute atomic E-state index is 12.7. The molecule has 1 aliphatic carbocycles. The molecule has 20 heavy (non-hydrogen) atoms. The van der Waals surface area contributed by atoms with Gasteiger partial charge in [0.2, 0.25) is 11.8 Å². The molecule has 0 aromatic rings. The fourth-order valence-corrected chi connectivity index (χ4v) is 3.24. The summed E-state index contributed by atoms with van der Waals surface area (Å²) in [6.45, 7) is 6.04. The number of hydrogen-bond donors (Lipinski definition) is 2. The van der Waals surface area contributed by atoms with Crippen LogP contribution in [0.5, 0.6) is 0 Å². The first-order chi connectivity index (χ1) is 9.74. The third-order valence-electron chi connectivity index (χ3n) is 4.40. The fraction of sp³-hybridized carbons (Fsp3) is 0.867. The second-order valence-corrected chi connectivity index (χ2v) is 5.86. The summed E-state index contributed by atoms with van der Waals surface area (Å²) >= 11 is 0. The molecule has 2 unspecified atom stereocenters. The van der Waals surface area contributed by atoms with Crippen LogP contribution < -0.4 is 10.6 Å². The minimum atomic E-state index is -0.113. The summed E-state index contributed by atoms with van der Waals surface area (Å²) in [6.07, 6.45) is 4.80. The Kier molecular flexibility index (Phi) is 5.83. The van der Waals surface area contributed by atoms with E-state index in [1.807, 2.05) is 11.8 Å². The van der Waals surface area contributed by atoms with Crippen molar-refractivity contribution in [1.82, 2.24) is 15.5 Å². The Morgan fingerprint density at radius 2 is 1.80 bits per heavy atom. The van der Waals surface area contributed by atoms with Gasteiger partial charge in [0, 0.05) is 44.6 Å². The van der Waals surface area contributed by atoms with E-state index < -0.39 is 0 Å². The Morgan fingerprint density at radius 3 is 2.45 bits per heavy atom. The summed E-state index contributed by atoms with van der Waals surface area (Å²) in [7, 11) is 0. The molecule has 2 rings (SSSR count). The van der Waals surface area contributed by atoms with Crippen LogP contribution in [0.15, 0.2) is 0 Å². The molecule has 2 fully saturated rings. The van der Waals surface area contributed by atoms with Gasteiger partial charge >= 0.3 is 0 Å². The molecule has 1 aliphatic heterocycles. The molecule has 5 nitrogen and oxygen atoms in total. The highest BCUT2D eigenvalue weighted by molar-refractivity contribution is 5.88. The minimum Gasteiger partial charge on any atom is -0.356 e. The quantitative estimate of drug-likeness (QED) is 0.799. The molecular weight excluding hydrogens is 254 g/mol. The first-order valence-electron chi connectivity index (χ1n) is 8.01. The standard InChI is InChI=1S/C15H27N3O2/c1-2-7-17-14(19)12-5-3-4-6-13(12)15(20)18-10-8-16-9-11-18/h12-13,16H,2-11H2,1H3,(H,17,19). The van der Waals surface area contributed by atoms with Crippen molar-refractivity contribution in [2.45, 2.75) is 39.0 Å². The molecule has 2 aliphatic rings. The number of hydrogen-bond acceptors (Lipinski definition) is 3. The van der Waals surface area contributed by atoms with E-state index in [0.717, 1.165) is 58.3 Å². The second kappa shape index (κ2) is 7.62. The van der Waals surface area contributed by atoms with Crippen LogP contribution in [0.4, 0.5) is 0 Å². The van der Waals surface area contributed by atoms with Gasteiger partial charge in [-0.3, -0.25) is 9.59 Å². The number of carbonyl (C=O) groups is 2. The van der Waals surface area contributed by atoms with Gasteiger partial charge in [-0.05, 0) is 19.3 Å². The Hall–Kier alpha value is -1.10. The van der Waals surface area contributed by atoms with Gasteiger partial charge in [0.05, 0.1) is 0 Å². The summed E-state index contributed by atoms with van der Waals surface area (Å²) in [5.74, 6) is 0.0688. The van der Waals surface area contributed by atoms with E-state index in [4.69, 9.17) is 0 Å². The molecule has 2 N–H and O–H groups in total. The van der Waals surface area contributed by atoms with Crippen LogP contribution in [0.1, 0.15) is 39.0 Å². The Bertz CT molecular complexity index is 340. The Morgan fingerprint density at radius 1 is 1.15 bits per heavy atom. The van der Waals surface area contributed by atoms with Crippen molar-refractivity contribution in [3.05, 3.63) is 0 Å². The van der Waals surface area contributed by atoms with Gasteiger partial charge in [0.1, 0.15) is 0 Å². The lowest BCUT2D eigenvalue weighted by atomic mass is 9.77. The Labute approximate surface area is 121 Å². The maximum atomic E-state index is 12.7. The summed E-state index contributed by atoms with van der Waals surface area (Å²) in [5.41, 5.74) is 0. The van der Waals surface area contributed by atoms with Crippen LogP contribution in [-0.2, 0) is 9.59 Å². The average molecular weight is 281 g/mol. The van der Waals surface area contributed by atoms with Gasteiger partial charge in [0.15, 0.2) is 0 Å². The SMILES string of the molecule is CCCNC(=O)C1CCCCC1C(=O)N1CCNCC1. The molecule has 0 radical (unpaired) electrons. The molecule has 0 aromatic heterocycles. The zero-order valence-electron chi connectivity index (χ0n) is 12.5. The molecule has 5 heteroatoms. The lowest BCUT2D eigenvalue weighted by Gasteiger charge is -2.35. The largest absolute Gasteiger partial charge is 0.356 e. The summed E-state index contributed by atoms with van der Waals surface area (Å²) < 4.78 is 0. The third-order valence-corrected chi connectivity index (χ3v) is 4.40. The monoisotopic (exact) mass is 281 g/mol. The van der Waals surface area contributed by atoms with E-state index in [1.165, 1.54) is 0 Å². The summed E-state index contributed by atoms with van der Waals surface area (Å²) in [6, 6.07) is 0. The van der Waals surface area contributed by atoms with Crippen molar-refractivity contribution < 1.29 is 9.59 Å². The van der Waals surface area contributed by atoms with Gasteiger partial charge < -0.3 is 15.5 Å². The van der Waals surface area contributed by atoms with Gasteiger partial charge in [-0.15, -0.1) is 0 Å². The van der Waals surface area contributed by atoms with Crippen LogP contribution in [0.25, 0.3) is 0 Å². The lowest BCUT2D eigenvalue weighted by molar-refractivity contribution is -0.144. The van der Waals surface area contributed by atoms with Crippen molar-refractivity contribution in [3.8, 4) is 0 Å². The highest BCUT2D eigenvalue weighted by Crippen LogP contribution is 2.31. The molecule has 1 heterocycles. The fourth-order valence-electron chi connectivity index (χ4n) is 3.24. The van der Waals surface area contributed by atoms with E-state index in [-0.39, 0.29) is 23.7 Å². The number of nitrogens with zero attached hydrogens (tertiary/aromatic N) is 1. The second-order valence-electron chi connectivity index (χ2n) is 5.86. The number of piperazine rings is 1. The van der Waals surface area contributed by atoms with Crippen molar-refractivity contribution in [3.63, 3.8) is 0 Å². The van der Waals surface area contributed by atoms with E-state index >= 15 is 0 Å². The topological polar surface area (TPSA) is 61.4 Å². The minimum absolute atomic E-state index is 0.0834. The zero-order chi connectivity index (χ0) is 14.4. The molecule has 0 spiro atoms. The molecule has 0 aromatic carbocycles. The highest BCUT2D eigenvalue weighted by atomic mass is 16.2. The molecule has 114 valence electrons. The average Bonchev–Trinajstić information content (AvgIpc) is 2.52. The zero-order valence-corrected chi connectivity index (χ0v) is 12.5. The van der Waals surface area contributed by atoms with Crippen molar-refractivity contribution in [1.29, 1.82) is 0 Å². The summed E-state index contributed by atoms with van der Waals surface area (Å²) in [5, 5.41) is 6.23. The van der Waals surface area contributed by atoms with Gasteiger partial charge in [-0.25, -0.2) is 0 Å². The van der Waals surface area contributed by atoms with E-state index in [9.17, 15) is 9.59 Å². The smallest absolute Gasteiger partial charge is 0.226 e. The molecule has 2 amide bonds. The highest BCUT2D eigenvalue weighted by Gasteiger charge is 2.37. The number of rotatable bonds is 4. The Balaban J connectivity index is 1.98. The molecule has 1 saturated carbocycles.